The van der Waals surface area contributed by atoms with E-state index in [2.05, 4.69) is 9.88 Å². The molecule has 102 valence electrons. The van der Waals surface area contributed by atoms with Crippen molar-refractivity contribution in [1.82, 2.24) is 0 Å². The van der Waals surface area contributed by atoms with Gasteiger partial charge in [0.1, 0.15) is 0 Å². The van der Waals surface area contributed by atoms with Crippen molar-refractivity contribution in [3.8, 4) is 0 Å². The second kappa shape index (κ2) is 9.78. The van der Waals surface area contributed by atoms with E-state index in [0.717, 1.165) is 13.1 Å². The zero-order valence-corrected chi connectivity index (χ0v) is 16.0. The summed E-state index contributed by atoms with van der Waals surface area (Å²) in [4.78, 5) is 5.57. The predicted octanol–water partition coefficient (Wildman–Crippen LogP) is 5.62. The molecule has 1 fully saturated rings. The number of hydrogen-bond acceptors (Lipinski definition) is 2. The summed E-state index contributed by atoms with van der Waals surface area (Å²) in [5.74, 6) is 0. The minimum atomic E-state index is -2.21. The molecule has 7 heteroatoms. The number of benzene rings is 1. The van der Waals surface area contributed by atoms with Gasteiger partial charge in [0.2, 0.25) is 5.39 Å². The van der Waals surface area contributed by atoms with Crippen molar-refractivity contribution in [2.75, 3.05) is 18.0 Å². The Morgan fingerprint density at radius 3 is 1.84 bits per heavy atom. The number of halogens is 3. The first-order chi connectivity index (χ1) is 9.13. The molecular weight excluding hydrogens is 358 g/mol. The molecule has 1 aromatic rings. The second-order valence-corrected chi connectivity index (χ2v) is 18.2. The molecule has 0 saturated carbocycles. The Bertz CT molecular complexity index is 395. The summed E-state index contributed by atoms with van der Waals surface area (Å²) in [6, 6.07) is 7.75. The molecule has 1 saturated heterocycles. The Balaban J connectivity index is 0.000000399. The maximum absolute atomic E-state index is 8.60. The van der Waals surface area contributed by atoms with Gasteiger partial charge in [-0.05, 0) is 25.0 Å². The van der Waals surface area contributed by atoms with Crippen molar-refractivity contribution in [1.29, 1.82) is 5.39 Å². The Morgan fingerprint density at radius 1 is 0.947 bits per heavy atom. The number of nitrogens with zero attached hydrogens (tertiary/aromatic N) is 3. The molecule has 1 aliphatic rings. The number of diazo groups is 1. The monoisotopic (exact) mass is 371 g/mol. The first-order valence-electron chi connectivity index (χ1n) is 6.40. The fourth-order valence-corrected chi connectivity index (χ4v) is 2.06. The quantitative estimate of drug-likeness (QED) is 0.472. The van der Waals surface area contributed by atoms with Crippen molar-refractivity contribution >= 4 is 40.4 Å². The molecule has 0 aliphatic carbocycles. The van der Waals surface area contributed by atoms with E-state index in [-0.39, 0.29) is 0 Å². The molecule has 0 atom stereocenters. The molecule has 1 aliphatic heterocycles. The number of anilines is 1. The van der Waals surface area contributed by atoms with Crippen molar-refractivity contribution in [2.45, 2.75) is 25.7 Å². The van der Waals surface area contributed by atoms with Crippen LogP contribution < -0.4 is 4.90 Å². The summed E-state index contributed by atoms with van der Waals surface area (Å²) in [7, 11) is 15.0. The van der Waals surface area contributed by atoms with Crippen LogP contribution in [0, 0.1) is 5.39 Å². The Kier molecular flexibility index (Phi) is 8.74. The van der Waals surface area contributed by atoms with Gasteiger partial charge in [-0.3, -0.25) is 0 Å². The maximum atomic E-state index is 8.60. The first-order valence-corrected chi connectivity index (χ1v) is 18.1. The summed E-state index contributed by atoms with van der Waals surface area (Å²) in [6.45, 7) is 2.30. The molecule has 0 bridgehead atoms. The van der Waals surface area contributed by atoms with E-state index in [9.17, 15) is 0 Å². The van der Waals surface area contributed by atoms with E-state index in [1.54, 1.807) is 0 Å². The molecule has 0 spiro atoms. The SMILES string of the molecule is N#[N+]c1ccc(N2CCCCCC2)cc1.[Cl][Zn-]([Cl])[Cl]. The van der Waals surface area contributed by atoms with Crippen LogP contribution in [0.2, 0.25) is 0 Å². The molecule has 1 heterocycles. The van der Waals surface area contributed by atoms with Gasteiger partial charge in [-0.1, -0.05) is 12.8 Å². The normalized spacial score (nSPS) is 14.7. The first kappa shape index (κ1) is 17.0. The molecule has 0 amide bonds. The van der Waals surface area contributed by atoms with Gasteiger partial charge in [-0.25, -0.2) is 0 Å². The van der Waals surface area contributed by atoms with Crippen LogP contribution in [0.15, 0.2) is 24.3 Å². The van der Waals surface area contributed by atoms with Crippen LogP contribution in [0.4, 0.5) is 11.4 Å². The molecule has 3 nitrogen and oxygen atoms in total. The van der Waals surface area contributed by atoms with Crippen LogP contribution in [-0.2, 0) is 13.0 Å². The number of rotatable bonds is 1. The van der Waals surface area contributed by atoms with Crippen molar-refractivity contribution in [3.63, 3.8) is 0 Å². The zero-order chi connectivity index (χ0) is 14.1. The summed E-state index contributed by atoms with van der Waals surface area (Å²) in [5.41, 5.74) is 1.86. The Labute approximate surface area is 131 Å². The topological polar surface area (TPSA) is 31.4 Å². The summed E-state index contributed by atoms with van der Waals surface area (Å²) in [5, 5.41) is 8.60. The molecule has 0 unspecified atom stereocenters. The van der Waals surface area contributed by atoms with E-state index in [1.165, 1.54) is 31.4 Å². The van der Waals surface area contributed by atoms with Crippen molar-refractivity contribution < 1.29 is 13.0 Å². The van der Waals surface area contributed by atoms with Crippen LogP contribution in [0.25, 0.3) is 4.98 Å². The Hall–Kier alpha value is -0.0666. The second-order valence-electron chi connectivity index (χ2n) is 4.32. The average molecular weight is 374 g/mol. The fraction of sp³-hybridized carbons (Fsp3) is 0.500. The molecule has 0 aromatic heterocycles. The van der Waals surface area contributed by atoms with Crippen molar-refractivity contribution in [3.05, 3.63) is 29.2 Å². The number of hydrogen-bond donors (Lipinski definition) is 0. The van der Waals surface area contributed by atoms with Crippen LogP contribution >= 0.6 is 29.1 Å². The fourth-order valence-electron chi connectivity index (χ4n) is 2.06. The van der Waals surface area contributed by atoms with Gasteiger partial charge in [-0.2, -0.15) is 0 Å². The molecule has 1 aromatic carbocycles. The third-order valence-corrected chi connectivity index (χ3v) is 2.94. The third kappa shape index (κ3) is 7.32. The van der Waals surface area contributed by atoms with Gasteiger partial charge in [0.25, 0.3) is 0 Å². The van der Waals surface area contributed by atoms with Crippen molar-refractivity contribution in [2.24, 2.45) is 0 Å². The van der Waals surface area contributed by atoms with Gasteiger partial charge >= 0.3 is 47.7 Å². The van der Waals surface area contributed by atoms with Gasteiger partial charge in [-0.15, -0.1) is 0 Å². The van der Waals surface area contributed by atoms with E-state index >= 15 is 0 Å². The zero-order valence-electron chi connectivity index (χ0n) is 10.7. The summed E-state index contributed by atoms with van der Waals surface area (Å²) < 4.78 is 0. The van der Waals surface area contributed by atoms with E-state index in [4.69, 9.17) is 34.5 Å². The van der Waals surface area contributed by atoms with Crippen LogP contribution in [-0.4, -0.2) is 13.1 Å². The van der Waals surface area contributed by atoms with E-state index in [0.29, 0.717) is 5.69 Å². The van der Waals surface area contributed by atoms with Gasteiger partial charge in [0, 0.05) is 30.9 Å². The van der Waals surface area contributed by atoms with Crippen LogP contribution in [0.3, 0.4) is 0 Å². The van der Waals surface area contributed by atoms with Gasteiger partial charge < -0.3 is 4.90 Å². The molecule has 0 N–H and O–H groups in total. The van der Waals surface area contributed by atoms with Crippen LogP contribution in [0.5, 0.6) is 0 Å². The molecule has 19 heavy (non-hydrogen) atoms. The van der Waals surface area contributed by atoms with E-state index in [1.807, 2.05) is 24.3 Å². The summed E-state index contributed by atoms with van der Waals surface area (Å²) >= 11 is -2.21. The van der Waals surface area contributed by atoms with Gasteiger partial charge in [0.15, 0.2) is 4.98 Å². The predicted molar refractivity (Wildman–Crippen MR) is 79.4 cm³/mol. The average Bonchev–Trinajstić information content (AvgIpc) is 2.67. The van der Waals surface area contributed by atoms with E-state index < -0.39 is 13.0 Å². The molecular formula is C12H16Cl3N3Zn. The Morgan fingerprint density at radius 2 is 1.42 bits per heavy atom. The minimum absolute atomic E-state index is 0.619. The molecule has 2 rings (SSSR count). The van der Waals surface area contributed by atoms with Gasteiger partial charge in [0.05, 0.1) is 0 Å². The summed E-state index contributed by atoms with van der Waals surface area (Å²) in [6.07, 6.45) is 5.26. The standard InChI is InChI=1S/C12H16N3.3ClH.Zn/c13-14-11-5-7-12(8-6-11)15-9-3-1-2-4-10-15;;;;/h5-8H,1-4,9-10H2;3*1H;/q+1;;;;+2/p-3. The molecule has 0 radical (unpaired) electrons. The third-order valence-electron chi connectivity index (χ3n) is 2.94. The van der Waals surface area contributed by atoms with Crippen LogP contribution in [0.1, 0.15) is 25.7 Å².